The van der Waals surface area contributed by atoms with E-state index in [1.807, 2.05) is 54.7 Å². The minimum atomic E-state index is -0.736. The Balaban J connectivity index is 0.00000392. The van der Waals surface area contributed by atoms with Crippen LogP contribution in [0, 0.1) is 0 Å². The highest BCUT2D eigenvalue weighted by Gasteiger charge is 2.22. The van der Waals surface area contributed by atoms with E-state index in [1.54, 1.807) is 0 Å². The molecule has 1 aromatic carbocycles. The largest absolute Gasteiger partial charge is 1.00 e. The summed E-state index contributed by atoms with van der Waals surface area (Å²) in [6.45, 7) is 3.44. The average molecular weight is 497 g/mol. The number of esters is 1. The highest BCUT2D eigenvalue weighted by atomic mass is 127. The molecule has 1 heterocycles. The van der Waals surface area contributed by atoms with E-state index in [9.17, 15) is 9.59 Å². The lowest BCUT2D eigenvalue weighted by molar-refractivity contribution is -0.704. The Labute approximate surface area is 183 Å². The zero-order chi connectivity index (χ0) is 19.5. The van der Waals surface area contributed by atoms with Crippen LogP contribution < -0.4 is 39.2 Å². The second-order valence-corrected chi connectivity index (χ2v) is 6.33. The molecule has 2 aromatic rings. The van der Waals surface area contributed by atoms with Crippen molar-refractivity contribution in [2.45, 2.75) is 45.3 Å². The standard InChI is InChI=1S/C21H27N3O3.HI/c1-3-4-13-24-14-9-8-12-18(24)16-22-21(26)23-19(20(25)27-2)15-17-10-6-5-7-11-17;/h5-12,14,19H,3-4,13,15-16H2,1-2H3,(H-,22,23,26);1H/t19-;/m0./s1. The van der Waals surface area contributed by atoms with Crippen LogP contribution in [-0.2, 0) is 29.0 Å². The number of carbonyl (C=O) groups is 2. The number of hydrogen-bond acceptors (Lipinski definition) is 3. The Bertz CT molecular complexity index is 741. The summed E-state index contributed by atoms with van der Waals surface area (Å²) in [4.78, 5) is 24.4. The maximum Gasteiger partial charge on any atom is 0.328 e. The van der Waals surface area contributed by atoms with Crippen molar-refractivity contribution in [2.24, 2.45) is 0 Å². The van der Waals surface area contributed by atoms with E-state index in [1.165, 1.54) is 7.11 Å². The molecule has 0 aliphatic heterocycles. The Kier molecular flexibility index (Phi) is 11.2. The zero-order valence-electron chi connectivity index (χ0n) is 16.4. The molecule has 28 heavy (non-hydrogen) atoms. The number of ether oxygens (including phenoxy) is 1. The Morgan fingerprint density at radius 1 is 1.11 bits per heavy atom. The fourth-order valence-corrected chi connectivity index (χ4v) is 2.78. The van der Waals surface area contributed by atoms with Gasteiger partial charge in [0.1, 0.15) is 19.1 Å². The lowest BCUT2D eigenvalue weighted by atomic mass is 10.1. The van der Waals surface area contributed by atoms with Crippen LogP contribution in [0.5, 0.6) is 0 Å². The number of pyridine rings is 1. The molecule has 0 spiro atoms. The van der Waals surface area contributed by atoms with Crippen LogP contribution in [0.1, 0.15) is 31.0 Å². The van der Waals surface area contributed by atoms with Crippen LogP contribution in [-0.4, -0.2) is 25.2 Å². The first-order valence-corrected chi connectivity index (χ1v) is 9.27. The molecule has 1 atom stereocenters. The summed E-state index contributed by atoms with van der Waals surface area (Å²) >= 11 is 0. The fourth-order valence-electron chi connectivity index (χ4n) is 2.78. The number of urea groups is 1. The van der Waals surface area contributed by atoms with E-state index in [-0.39, 0.29) is 24.0 Å². The topological polar surface area (TPSA) is 71.3 Å². The van der Waals surface area contributed by atoms with Crippen molar-refractivity contribution in [3.63, 3.8) is 0 Å². The van der Waals surface area contributed by atoms with Crippen molar-refractivity contribution >= 4 is 12.0 Å². The summed E-state index contributed by atoms with van der Waals surface area (Å²) in [6.07, 6.45) is 4.57. The lowest BCUT2D eigenvalue weighted by Gasteiger charge is -2.17. The van der Waals surface area contributed by atoms with Gasteiger partial charge < -0.3 is 39.3 Å². The highest BCUT2D eigenvalue weighted by Crippen LogP contribution is 2.04. The normalized spacial score (nSPS) is 11.1. The number of halogens is 1. The minimum Gasteiger partial charge on any atom is -1.00 e. The van der Waals surface area contributed by atoms with E-state index in [0.29, 0.717) is 13.0 Å². The summed E-state index contributed by atoms with van der Waals surface area (Å²) in [6, 6.07) is 14.3. The molecule has 0 saturated carbocycles. The van der Waals surface area contributed by atoms with E-state index in [0.717, 1.165) is 30.6 Å². The molecule has 0 saturated heterocycles. The maximum atomic E-state index is 12.3. The fraction of sp³-hybridized carbons (Fsp3) is 0.381. The number of methoxy groups -OCH3 is 1. The molecule has 2 rings (SSSR count). The number of carbonyl (C=O) groups excluding carboxylic acids is 2. The van der Waals surface area contributed by atoms with Gasteiger partial charge in [0.25, 0.3) is 0 Å². The number of amides is 2. The summed E-state index contributed by atoms with van der Waals surface area (Å²) in [5.74, 6) is -0.466. The van der Waals surface area contributed by atoms with E-state index in [2.05, 4.69) is 22.1 Å². The van der Waals surface area contributed by atoms with Crippen molar-refractivity contribution in [1.82, 2.24) is 10.6 Å². The van der Waals surface area contributed by atoms with Crippen LogP contribution in [0.4, 0.5) is 4.79 Å². The van der Waals surface area contributed by atoms with Gasteiger partial charge in [-0.25, -0.2) is 14.2 Å². The molecule has 7 heteroatoms. The van der Waals surface area contributed by atoms with E-state index < -0.39 is 18.0 Å². The van der Waals surface area contributed by atoms with Gasteiger partial charge in [0, 0.05) is 25.0 Å². The second kappa shape index (κ2) is 13.1. The SMILES string of the molecule is CCCC[n+]1ccccc1CNC(=O)N[C@@H](Cc1ccccc1)C(=O)OC.[I-]. The smallest absolute Gasteiger partial charge is 0.328 e. The number of aromatic nitrogens is 1. The Morgan fingerprint density at radius 3 is 2.50 bits per heavy atom. The third kappa shape index (κ3) is 7.84. The Hall–Kier alpha value is -2.16. The molecule has 0 unspecified atom stereocenters. The molecule has 6 nitrogen and oxygen atoms in total. The monoisotopic (exact) mass is 497 g/mol. The van der Waals surface area contributed by atoms with Gasteiger partial charge in [-0.1, -0.05) is 49.7 Å². The second-order valence-electron chi connectivity index (χ2n) is 6.33. The third-order valence-corrected chi connectivity index (χ3v) is 4.29. The van der Waals surface area contributed by atoms with E-state index >= 15 is 0 Å². The number of benzene rings is 1. The molecule has 2 amide bonds. The molecule has 152 valence electrons. The van der Waals surface area contributed by atoms with Crippen molar-refractivity contribution in [2.75, 3.05) is 7.11 Å². The number of aryl methyl sites for hydroxylation is 1. The van der Waals surface area contributed by atoms with Gasteiger partial charge in [-0.05, 0) is 5.56 Å². The molecular weight excluding hydrogens is 469 g/mol. The van der Waals surface area contributed by atoms with Gasteiger partial charge in [-0.15, -0.1) is 0 Å². The number of hydrogen-bond donors (Lipinski definition) is 2. The van der Waals surface area contributed by atoms with Gasteiger partial charge >= 0.3 is 12.0 Å². The Morgan fingerprint density at radius 2 is 1.82 bits per heavy atom. The van der Waals surface area contributed by atoms with Crippen molar-refractivity contribution in [1.29, 1.82) is 0 Å². The summed E-state index contributed by atoms with van der Waals surface area (Å²) in [5, 5.41) is 5.55. The molecule has 0 radical (unpaired) electrons. The first-order valence-electron chi connectivity index (χ1n) is 9.27. The predicted molar refractivity (Wildman–Crippen MR) is 103 cm³/mol. The molecule has 1 aromatic heterocycles. The summed E-state index contributed by atoms with van der Waals surface area (Å²) in [5.41, 5.74) is 1.97. The summed E-state index contributed by atoms with van der Waals surface area (Å²) < 4.78 is 6.96. The predicted octanol–water partition coefficient (Wildman–Crippen LogP) is -0.638. The molecule has 0 aliphatic carbocycles. The van der Waals surface area contributed by atoms with Crippen LogP contribution >= 0.6 is 0 Å². The van der Waals surface area contributed by atoms with Crippen LogP contribution in [0.15, 0.2) is 54.7 Å². The number of nitrogens with zero attached hydrogens (tertiary/aromatic N) is 1. The molecular formula is C21H28IN3O3. The molecule has 0 aliphatic rings. The van der Waals surface area contributed by atoms with Crippen LogP contribution in [0.3, 0.4) is 0 Å². The van der Waals surface area contributed by atoms with Crippen molar-refractivity contribution in [3.8, 4) is 0 Å². The van der Waals surface area contributed by atoms with Crippen LogP contribution in [0.25, 0.3) is 0 Å². The number of nitrogens with one attached hydrogen (secondary N) is 2. The summed E-state index contributed by atoms with van der Waals surface area (Å²) in [7, 11) is 1.32. The lowest BCUT2D eigenvalue weighted by Crippen LogP contribution is -3.00. The first kappa shape index (κ1) is 23.9. The molecule has 0 bridgehead atoms. The highest BCUT2D eigenvalue weighted by molar-refractivity contribution is 5.83. The van der Waals surface area contributed by atoms with E-state index in [4.69, 9.17) is 4.74 Å². The van der Waals surface area contributed by atoms with Gasteiger partial charge in [0.05, 0.1) is 7.11 Å². The van der Waals surface area contributed by atoms with Crippen molar-refractivity contribution < 1.29 is 42.9 Å². The number of rotatable bonds is 9. The van der Waals surface area contributed by atoms with Crippen LogP contribution in [0.2, 0.25) is 0 Å². The molecule has 0 fully saturated rings. The first-order chi connectivity index (χ1) is 13.1. The van der Waals surface area contributed by atoms with Gasteiger partial charge in [-0.3, -0.25) is 0 Å². The molecule has 2 N–H and O–H groups in total. The zero-order valence-corrected chi connectivity index (χ0v) is 18.5. The number of unbranched alkanes of at least 4 members (excludes halogenated alkanes) is 1. The minimum absolute atomic E-state index is 0. The average Bonchev–Trinajstić information content (AvgIpc) is 2.71. The van der Waals surface area contributed by atoms with Crippen molar-refractivity contribution in [3.05, 3.63) is 66.0 Å². The van der Waals surface area contributed by atoms with Gasteiger partial charge in [0.2, 0.25) is 5.69 Å². The quantitative estimate of drug-likeness (QED) is 0.275. The van der Waals surface area contributed by atoms with Gasteiger partial charge in [-0.2, -0.15) is 0 Å². The van der Waals surface area contributed by atoms with Gasteiger partial charge in [0.15, 0.2) is 6.20 Å². The third-order valence-electron chi connectivity index (χ3n) is 4.29. The maximum absolute atomic E-state index is 12.3.